The molecule has 0 atom stereocenters. The third-order valence-corrected chi connectivity index (χ3v) is 9.13. The van der Waals surface area contributed by atoms with Crippen molar-refractivity contribution >= 4 is 21.7 Å². The van der Waals surface area contributed by atoms with Crippen molar-refractivity contribution in [1.82, 2.24) is 9.97 Å². The van der Waals surface area contributed by atoms with E-state index in [-0.39, 0.29) is 0 Å². The number of fused-ring (bicyclic) bond motifs is 6. The first-order valence-corrected chi connectivity index (χ1v) is 15.5. The van der Waals surface area contributed by atoms with Crippen molar-refractivity contribution in [1.29, 1.82) is 0 Å². The fourth-order valence-corrected chi connectivity index (χ4v) is 6.86. The topological polar surface area (TPSA) is 25.8 Å². The van der Waals surface area contributed by atoms with Gasteiger partial charge in [0.05, 0.1) is 11.2 Å². The minimum Gasteiger partial charge on any atom is -0.228 e. The lowest BCUT2D eigenvalue weighted by atomic mass is 9.96. The minimum atomic E-state index is 0.732. The zero-order valence-corrected chi connectivity index (χ0v) is 24.6. The van der Waals surface area contributed by atoms with Crippen molar-refractivity contribution in [2.45, 2.75) is 6.42 Å². The Balaban J connectivity index is 1.12. The van der Waals surface area contributed by atoms with Crippen molar-refractivity contribution in [2.24, 2.45) is 0 Å². The molecule has 1 aromatic heterocycles. The fraction of sp³-hybridized carbons (Fsp3) is 0.0233. The molecule has 0 saturated heterocycles. The number of para-hydroxylation sites is 1. The smallest absolute Gasteiger partial charge is 0.160 e. The zero-order valence-electron chi connectivity index (χ0n) is 24.6. The highest BCUT2D eigenvalue weighted by Crippen LogP contribution is 2.41. The van der Waals surface area contributed by atoms with Crippen LogP contribution in [0.3, 0.4) is 0 Å². The minimum absolute atomic E-state index is 0.732. The molecule has 7 aromatic carbocycles. The Morgan fingerprint density at radius 3 is 1.98 bits per heavy atom. The summed E-state index contributed by atoms with van der Waals surface area (Å²) in [5.74, 6) is 0.732. The first-order chi connectivity index (χ1) is 22.3. The number of benzene rings is 7. The van der Waals surface area contributed by atoms with Crippen LogP contribution in [0.1, 0.15) is 11.1 Å². The van der Waals surface area contributed by atoms with E-state index in [9.17, 15) is 0 Å². The molecule has 0 aliphatic heterocycles. The largest absolute Gasteiger partial charge is 0.228 e. The summed E-state index contributed by atoms with van der Waals surface area (Å²) < 4.78 is 0. The lowest BCUT2D eigenvalue weighted by Gasteiger charge is -2.12. The van der Waals surface area contributed by atoms with Crippen LogP contribution < -0.4 is 0 Å². The van der Waals surface area contributed by atoms with Gasteiger partial charge in [-0.25, -0.2) is 9.97 Å². The molecular formula is C43H28N2. The number of hydrogen-bond donors (Lipinski definition) is 0. The van der Waals surface area contributed by atoms with Crippen LogP contribution in [0.2, 0.25) is 0 Å². The van der Waals surface area contributed by atoms with Crippen LogP contribution in [0.5, 0.6) is 0 Å². The molecule has 1 heterocycles. The molecule has 45 heavy (non-hydrogen) atoms. The van der Waals surface area contributed by atoms with Gasteiger partial charge in [0.25, 0.3) is 0 Å². The van der Waals surface area contributed by atoms with Gasteiger partial charge in [0.1, 0.15) is 0 Å². The van der Waals surface area contributed by atoms with Crippen LogP contribution in [-0.4, -0.2) is 9.97 Å². The van der Waals surface area contributed by atoms with Crippen molar-refractivity contribution in [3.8, 4) is 56.0 Å². The summed E-state index contributed by atoms with van der Waals surface area (Å²) in [7, 11) is 0. The second kappa shape index (κ2) is 10.4. The van der Waals surface area contributed by atoms with Crippen molar-refractivity contribution in [3.63, 3.8) is 0 Å². The molecule has 2 nitrogen and oxygen atoms in total. The normalized spacial score (nSPS) is 11.9. The van der Waals surface area contributed by atoms with E-state index in [0.29, 0.717) is 0 Å². The van der Waals surface area contributed by atoms with Gasteiger partial charge < -0.3 is 0 Å². The second-order valence-corrected chi connectivity index (χ2v) is 11.8. The van der Waals surface area contributed by atoms with Gasteiger partial charge in [0.2, 0.25) is 0 Å². The Morgan fingerprint density at radius 2 is 1.09 bits per heavy atom. The highest BCUT2D eigenvalue weighted by atomic mass is 14.9. The van der Waals surface area contributed by atoms with E-state index in [2.05, 4.69) is 152 Å². The summed E-state index contributed by atoms with van der Waals surface area (Å²) in [4.78, 5) is 10.3. The maximum Gasteiger partial charge on any atom is 0.160 e. The first-order valence-electron chi connectivity index (χ1n) is 15.5. The van der Waals surface area contributed by atoms with Crippen LogP contribution in [-0.2, 0) is 6.42 Å². The van der Waals surface area contributed by atoms with Gasteiger partial charge in [0.15, 0.2) is 5.82 Å². The van der Waals surface area contributed by atoms with Crippen molar-refractivity contribution in [2.75, 3.05) is 0 Å². The molecule has 0 spiro atoms. The third-order valence-electron chi connectivity index (χ3n) is 9.13. The van der Waals surface area contributed by atoms with Gasteiger partial charge in [-0.05, 0) is 79.9 Å². The molecule has 1 aliphatic rings. The Bertz CT molecular complexity index is 2390. The van der Waals surface area contributed by atoms with E-state index in [1.54, 1.807) is 0 Å². The van der Waals surface area contributed by atoms with Gasteiger partial charge in [-0.2, -0.15) is 0 Å². The van der Waals surface area contributed by atoms with E-state index in [4.69, 9.17) is 9.97 Å². The summed E-state index contributed by atoms with van der Waals surface area (Å²) in [6, 6.07) is 56.3. The van der Waals surface area contributed by atoms with Crippen molar-refractivity contribution in [3.05, 3.63) is 169 Å². The maximum atomic E-state index is 5.23. The quantitative estimate of drug-likeness (QED) is 0.210. The number of aromatic nitrogens is 2. The lowest BCUT2D eigenvalue weighted by Crippen LogP contribution is -1.96. The predicted octanol–water partition coefficient (Wildman–Crippen LogP) is 11.0. The lowest BCUT2D eigenvalue weighted by molar-refractivity contribution is 1.23. The number of rotatable bonds is 4. The van der Waals surface area contributed by atoms with Gasteiger partial charge in [0, 0.05) is 16.5 Å². The average molecular weight is 573 g/mol. The average Bonchev–Trinajstić information content (AvgIpc) is 3.51. The Labute approximate surface area is 262 Å². The standard InChI is InChI=1S/C43H28N2/c1-2-9-28(10-3-1)29-17-19-30(20-18-29)31-12-8-13-35(25-31)43-44-41-16-7-6-15-39(41)42(45-43)34-22-23-37-33(26-34)21-24-38-36-14-5-4-11-32(36)27-40(37)38/h1-26H,27H2. The monoisotopic (exact) mass is 572 g/mol. The number of nitrogens with zero attached hydrogens (tertiary/aromatic N) is 2. The molecule has 0 N–H and O–H groups in total. The molecule has 0 saturated carbocycles. The highest BCUT2D eigenvalue weighted by molar-refractivity contribution is 6.00. The summed E-state index contributed by atoms with van der Waals surface area (Å²) in [6.07, 6.45) is 0.980. The van der Waals surface area contributed by atoms with E-state index in [1.807, 2.05) is 6.07 Å². The summed E-state index contributed by atoms with van der Waals surface area (Å²) >= 11 is 0. The molecule has 8 aromatic rings. The van der Waals surface area contributed by atoms with Gasteiger partial charge in [-0.1, -0.05) is 140 Å². The fourth-order valence-electron chi connectivity index (χ4n) is 6.86. The molecule has 210 valence electrons. The Morgan fingerprint density at radius 1 is 0.400 bits per heavy atom. The van der Waals surface area contributed by atoms with Crippen LogP contribution in [0.25, 0.3) is 77.7 Å². The molecule has 0 amide bonds. The molecule has 1 aliphatic carbocycles. The zero-order chi connectivity index (χ0) is 29.7. The van der Waals surface area contributed by atoms with E-state index < -0.39 is 0 Å². The molecule has 2 heteroatoms. The van der Waals surface area contributed by atoms with Crippen LogP contribution >= 0.6 is 0 Å². The summed E-state index contributed by atoms with van der Waals surface area (Å²) in [6.45, 7) is 0. The maximum absolute atomic E-state index is 5.23. The van der Waals surface area contributed by atoms with Crippen molar-refractivity contribution < 1.29 is 0 Å². The summed E-state index contributed by atoms with van der Waals surface area (Å²) in [5.41, 5.74) is 14.3. The molecule has 0 unspecified atom stereocenters. The highest BCUT2D eigenvalue weighted by Gasteiger charge is 2.20. The van der Waals surface area contributed by atoms with Crippen LogP contribution in [0, 0.1) is 0 Å². The molecule has 0 bridgehead atoms. The summed E-state index contributed by atoms with van der Waals surface area (Å²) in [5, 5.41) is 3.61. The predicted molar refractivity (Wildman–Crippen MR) is 187 cm³/mol. The Hall–Kier alpha value is -5.86. The Kier molecular flexibility index (Phi) is 5.92. The first kappa shape index (κ1) is 25.6. The molecule has 0 radical (unpaired) electrons. The SMILES string of the molecule is c1ccc(-c2ccc(-c3cccc(-c4nc(-c5ccc6c7c(ccc6c5)-c5ccccc5C7)c5ccccc5n4)c3)cc2)cc1. The van der Waals surface area contributed by atoms with Gasteiger partial charge in [-0.15, -0.1) is 0 Å². The molecule has 9 rings (SSSR count). The van der Waals surface area contributed by atoms with Gasteiger partial charge >= 0.3 is 0 Å². The van der Waals surface area contributed by atoms with Gasteiger partial charge in [-0.3, -0.25) is 0 Å². The van der Waals surface area contributed by atoms with E-state index in [1.165, 1.54) is 49.7 Å². The van der Waals surface area contributed by atoms with E-state index >= 15 is 0 Å². The third kappa shape index (κ3) is 4.42. The molecule has 0 fully saturated rings. The van der Waals surface area contributed by atoms with Crippen LogP contribution in [0.4, 0.5) is 0 Å². The second-order valence-electron chi connectivity index (χ2n) is 11.8. The molecular weight excluding hydrogens is 544 g/mol. The van der Waals surface area contributed by atoms with Crippen LogP contribution in [0.15, 0.2) is 158 Å². The number of hydrogen-bond acceptors (Lipinski definition) is 2. The van der Waals surface area contributed by atoms with E-state index in [0.717, 1.165) is 45.5 Å².